The number of fused-ring (bicyclic) bond motifs is 1. The minimum atomic E-state index is 0.355. The van der Waals surface area contributed by atoms with Crippen LogP contribution in [0.4, 0.5) is 0 Å². The zero-order valence-corrected chi connectivity index (χ0v) is 12.4. The molecule has 1 aromatic heterocycles. The Hall–Kier alpha value is -1.71. The molecule has 0 amide bonds. The Morgan fingerprint density at radius 1 is 1.15 bits per heavy atom. The maximum atomic E-state index is 4.20. The molecule has 20 heavy (non-hydrogen) atoms. The first-order valence-corrected chi connectivity index (χ1v) is 7.84. The van der Waals surface area contributed by atoms with Crippen LogP contribution in [0.15, 0.2) is 54.2 Å². The number of benzene rings is 2. The topological polar surface area (TPSA) is 24.9 Å². The lowest BCUT2D eigenvalue weighted by molar-refractivity contribution is 0.557. The van der Waals surface area contributed by atoms with E-state index in [4.69, 9.17) is 0 Å². The maximum Gasteiger partial charge on any atom is 0.0794 e. The third-order valence-electron chi connectivity index (χ3n) is 3.50. The quantitative estimate of drug-likeness (QED) is 0.759. The molecule has 1 atom stereocenters. The number of thiazole rings is 1. The zero-order valence-electron chi connectivity index (χ0n) is 11.5. The SMILES string of the molecule is CCNC(Cc1ccc2ccccc2c1)c1cncs1. The van der Waals surface area contributed by atoms with Gasteiger partial charge in [-0.1, -0.05) is 49.4 Å². The van der Waals surface area contributed by atoms with Gasteiger partial charge in [-0.05, 0) is 29.3 Å². The Morgan fingerprint density at radius 3 is 2.75 bits per heavy atom. The number of aromatic nitrogens is 1. The Balaban J connectivity index is 1.86. The highest BCUT2D eigenvalue weighted by atomic mass is 32.1. The molecule has 1 N–H and O–H groups in total. The smallest absolute Gasteiger partial charge is 0.0794 e. The fraction of sp³-hybridized carbons (Fsp3) is 0.235. The van der Waals surface area contributed by atoms with Crippen molar-refractivity contribution < 1.29 is 0 Å². The van der Waals surface area contributed by atoms with Gasteiger partial charge in [0.2, 0.25) is 0 Å². The van der Waals surface area contributed by atoms with E-state index in [0.29, 0.717) is 6.04 Å². The van der Waals surface area contributed by atoms with Gasteiger partial charge in [0.1, 0.15) is 0 Å². The number of likely N-dealkylation sites (N-methyl/N-ethyl adjacent to an activating group) is 1. The van der Waals surface area contributed by atoms with Gasteiger partial charge in [-0.2, -0.15) is 0 Å². The number of nitrogens with zero attached hydrogens (tertiary/aromatic N) is 1. The number of hydrogen-bond acceptors (Lipinski definition) is 3. The summed E-state index contributed by atoms with van der Waals surface area (Å²) < 4.78 is 0. The summed E-state index contributed by atoms with van der Waals surface area (Å²) >= 11 is 1.72. The molecule has 0 aliphatic carbocycles. The summed E-state index contributed by atoms with van der Waals surface area (Å²) in [6.45, 7) is 3.12. The van der Waals surface area contributed by atoms with Gasteiger partial charge in [0, 0.05) is 17.1 Å². The van der Waals surface area contributed by atoms with Crippen molar-refractivity contribution in [2.45, 2.75) is 19.4 Å². The molecular weight excluding hydrogens is 264 g/mol. The van der Waals surface area contributed by atoms with Gasteiger partial charge in [-0.3, -0.25) is 4.98 Å². The second-order valence-corrected chi connectivity index (χ2v) is 5.82. The van der Waals surface area contributed by atoms with Gasteiger partial charge < -0.3 is 5.32 Å². The molecule has 0 spiro atoms. The molecule has 2 nitrogen and oxygen atoms in total. The molecule has 0 fully saturated rings. The van der Waals surface area contributed by atoms with Crippen LogP contribution in [0, 0.1) is 0 Å². The first-order valence-electron chi connectivity index (χ1n) is 6.96. The molecule has 3 heteroatoms. The summed E-state index contributed by atoms with van der Waals surface area (Å²) in [5, 5.41) is 6.16. The van der Waals surface area contributed by atoms with Crippen molar-refractivity contribution >= 4 is 22.1 Å². The van der Waals surface area contributed by atoms with E-state index in [9.17, 15) is 0 Å². The Kier molecular flexibility index (Phi) is 4.09. The molecule has 2 aromatic carbocycles. The van der Waals surface area contributed by atoms with E-state index in [-0.39, 0.29) is 0 Å². The highest BCUT2D eigenvalue weighted by Crippen LogP contribution is 2.23. The molecule has 3 aromatic rings. The lowest BCUT2D eigenvalue weighted by Crippen LogP contribution is -2.22. The van der Waals surface area contributed by atoms with Gasteiger partial charge in [0.15, 0.2) is 0 Å². The molecule has 0 aliphatic rings. The van der Waals surface area contributed by atoms with Crippen molar-refractivity contribution in [1.82, 2.24) is 10.3 Å². The van der Waals surface area contributed by atoms with Gasteiger partial charge in [-0.25, -0.2) is 0 Å². The summed E-state index contributed by atoms with van der Waals surface area (Å²) in [5.74, 6) is 0. The van der Waals surface area contributed by atoms with E-state index < -0.39 is 0 Å². The normalized spacial score (nSPS) is 12.7. The van der Waals surface area contributed by atoms with Crippen LogP contribution in [0.25, 0.3) is 10.8 Å². The number of rotatable bonds is 5. The van der Waals surface area contributed by atoms with Crippen LogP contribution < -0.4 is 5.32 Å². The molecule has 1 heterocycles. The Morgan fingerprint density at radius 2 is 2.00 bits per heavy atom. The Bertz CT molecular complexity index is 676. The van der Waals surface area contributed by atoms with Crippen molar-refractivity contribution in [3.63, 3.8) is 0 Å². The van der Waals surface area contributed by atoms with Crippen LogP contribution in [0.3, 0.4) is 0 Å². The molecule has 0 aliphatic heterocycles. The van der Waals surface area contributed by atoms with Crippen LogP contribution in [0.1, 0.15) is 23.4 Å². The van der Waals surface area contributed by atoms with E-state index in [1.165, 1.54) is 21.2 Å². The first-order chi connectivity index (χ1) is 9.86. The summed E-state index contributed by atoms with van der Waals surface area (Å²) in [7, 11) is 0. The van der Waals surface area contributed by atoms with Crippen LogP contribution in [-0.4, -0.2) is 11.5 Å². The second kappa shape index (κ2) is 6.16. The van der Waals surface area contributed by atoms with Gasteiger partial charge in [0.05, 0.1) is 5.51 Å². The van der Waals surface area contributed by atoms with Crippen molar-refractivity contribution in [2.75, 3.05) is 6.54 Å². The van der Waals surface area contributed by atoms with E-state index in [2.05, 4.69) is 59.7 Å². The molecule has 0 saturated carbocycles. The van der Waals surface area contributed by atoms with Gasteiger partial charge in [-0.15, -0.1) is 11.3 Å². The number of hydrogen-bond donors (Lipinski definition) is 1. The van der Waals surface area contributed by atoms with E-state index in [1.54, 1.807) is 11.3 Å². The molecule has 1 unspecified atom stereocenters. The van der Waals surface area contributed by atoms with E-state index >= 15 is 0 Å². The average Bonchev–Trinajstić information content (AvgIpc) is 3.01. The highest BCUT2D eigenvalue weighted by molar-refractivity contribution is 7.09. The predicted molar refractivity (Wildman–Crippen MR) is 86.2 cm³/mol. The predicted octanol–water partition coefficient (Wildman–Crippen LogP) is 4.19. The molecular formula is C17H18N2S. The van der Waals surface area contributed by atoms with E-state index in [1.807, 2.05) is 11.7 Å². The molecule has 0 radical (unpaired) electrons. The minimum Gasteiger partial charge on any atom is -0.309 e. The van der Waals surface area contributed by atoms with Crippen LogP contribution in [0.5, 0.6) is 0 Å². The van der Waals surface area contributed by atoms with Crippen LogP contribution in [-0.2, 0) is 6.42 Å². The van der Waals surface area contributed by atoms with Gasteiger partial charge in [0.25, 0.3) is 0 Å². The van der Waals surface area contributed by atoms with Crippen LogP contribution >= 0.6 is 11.3 Å². The second-order valence-electron chi connectivity index (χ2n) is 4.90. The molecule has 102 valence electrons. The van der Waals surface area contributed by atoms with Crippen molar-refractivity contribution in [2.24, 2.45) is 0 Å². The van der Waals surface area contributed by atoms with Crippen molar-refractivity contribution in [3.05, 3.63) is 64.6 Å². The highest BCUT2D eigenvalue weighted by Gasteiger charge is 2.12. The van der Waals surface area contributed by atoms with Crippen molar-refractivity contribution in [3.8, 4) is 0 Å². The zero-order chi connectivity index (χ0) is 13.8. The van der Waals surface area contributed by atoms with E-state index in [0.717, 1.165) is 13.0 Å². The standard InChI is InChI=1S/C17H18N2S/c1-2-19-16(17-11-18-12-20-17)10-13-7-8-14-5-3-4-6-15(14)9-13/h3-9,11-12,16,19H,2,10H2,1H3. The summed E-state index contributed by atoms with van der Waals surface area (Å²) in [6, 6.07) is 15.6. The van der Waals surface area contributed by atoms with Gasteiger partial charge >= 0.3 is 0 Å². The third-order valence-corrected chi connectivity index (χ3v) is 4.39. The average molecular weight is 282 g/mol. The summed E-state index contributed by atoms with van der Waals surface area (Å²) in [5.41, 5.74) is 3.27. The molecule has 3 rings (SSSR count). The monoisotopic (exact) mass is 282 g/mol. The lowest BCUT2D eigenvalue weighted by Gasteiger charge is -2.16. The largest absolute Gasteiger partial charge is 0.309 e. The summed E-state index contributed by atoms with van der Waals surface area (Å²) in [6.07, 6.45) is 2.97. The van der Waals surface area contributed by atoms with Crippen LogP contribution in [0.2, 0.25) is 0 Å². The molecule has 0 saturated heterocycles. The number of nitrogens with one attached hydrogen (secondary N) is 1. The minimum absolute atomic E-state index is 0.355. The van der Waals surface area contributed by atoms with Crippen molar-refractivity contribution in [1.29, 1.82) is 0 Å². The first kappa shape index (κ1) is 13.3. The fourth-order valence-electron chi connectivity index (χ4n) is 2.52. The third kappa shape index (κ3) is 2.89. The summed E-state index contributed by atoms with van der Waals surface area (Å²) in [4.78, 5) is 5.50. The fourth-order valence-corrected chi connectivity index (χ4v) is 3.22. The Labute approximate surface area is 123 Å². The molecule has 0 bridgehead atoms. The maximum absolute atomic E-state index is 4.20. The lowest BCUT2D eigenvalue weighted by atomic mass is 10.0.